The lowest BCUT2D eigenvalue weighted by Crippen LogP contribution is -2.10. The molecule has 0 N–H and O–H groups in total. The van der Waals surface area contributed by atoms with Crippen molar-refractivity contribution in [2.75, 3.05) is 4.90 Å². The van der Waals surface area contributed by atoms with Crippen LogP contribution in [0, 0.1) is 0 Å². The molecule has 0 atom stereocenters. The molecule has 3 nitrogen and oxygen atoms in total. The third kappa shape index (κ3) is 6.52. The minimum Gasteiger partial charge on any atom is -0.311 e. The molecule has 61 heavy (non-hydrogen) atoms. The van der Waals surface area contributed by atoms with Crippen molar-refractivity contribution in [3.63, 3.8) is 0 Å². The molecule has 290 valence electrons. The van der Waals surface area contributed by atoms with Crippen LogP contribution < -0.4 is 4.90 Å². The molecule has 0 fully saturated rings. The Morgan fingerprint density at radius 3 is 1.77 bits per heavy atom. The molecular formula is C58H43N3. The van der Waals surface area contributed by atoms with Gasteiger partial charge in [0, 0.05) is 33.4 Å². The van der Waals surface area contributed by atoms with E-state index in [-0.39, 0.29) is 0 Å². The summed E-state index contributed by atoms with van der Waals surface area (Å²) in [5.74, 6) is 0. The van der Waals surface area contributed by atoms with Crippen molar-refractivity contribution in [2.45, 2.75) is 19.8 Å². The number of allylic oxidation sites excluding steroid dienone is 7. The van der Waals surface area contributed by atoms with Crippen LogP contribution in [0.4, 0.5) is 17.1 Å². The number of hydrogen-bond donors (Lipinski definition) is 0. The minimum atomic E-state index is 0.957. The van der Waals surface area contributed by atoms with Crippen LogP contribution in [-0.2, 0) is 0 Å². The number of pyridine rings is 1. The van der Waals surface area contributed by atoms with Crippen LogP contribution in [0.5, 0.6) is 0 Å². The molecule has 0 spiro atoms. The Bertz CT molecular complexity index is 3380. The van der Waals surface area contributed by atoms with Gasteiger partial charge in [0.15, 0.2) is 0 Å². The fourth-order valence-electron chi connectivity index (χ4n) is 9.16. The molecule has 0 radical (unpaired) electrons. The summed E-state index contributed by atoms with van der Waals surface area (Å²) in [6, 6.07) is 64.1. The lowest BCUT2D eigenvalue weighted by Gasteiger charge is -2.26. The number of aromatic nitrogens is 2. The van der Waals surface area contributed by atoms with Crippen LogP contribution in [0.25, 0.3) is 83.0 Å². The summed E-state index contributed by atoms with van der Waals surface area (Å²) >= 11 is 0. The van der Waals surface area contributed by atoms with Gasteiger partial charge in [0.2, 0.25) is 0 Å². The van der Waals surface area contributed by atoms with E-state index in [1.165, 1.54) is 49.4 Å². The maximum absolute atomic E-state index is 5.41. The van der Waals surface area contributed by atoms with Gasteiger partial charge in [0.1, 0.15) is 5.65 Å². The second-order valence-corrected chi connectivity index (χ2v) is 15.8. The Morgan fingerprint density at radius 2 is 1.11 bits per heavy atom. The van der Waals surface area contributed by atoms with Crippen LogP contribution in [0.3, 0.4) is 0 Å². The van der Waals surface area contributed by atoms with Gasteiger partial charge in [0.05, 0.1) is 16.6 Å². The van der Waals surface area contributed by atoms with Crippen LogP contribution in [0.15, 0.2) is 212 Å². The summed E-state index contributed by atoms with van der Waals surface area (Å²) in [7, 11) is 0. The quantitative estimate of drug-likeness (QED) is 0.113. The first-order chi connectivity index (χ1) is 30.2. The van der Waals surface area contributed by atoms with Crippen LogP contribution in [-0.4, -0.2) is 9.38 Å². The van der Waals surface area contributed by atoms with Gasteiger partial charge in [-0.3, -0.25) is 4.40 Å². The standard InChI is InChI=1S/C58H43N3/c1-2-3-6-19-46-39-47-38-45(30-37-55(47)61-57-54-23-14-12-21-52(54)51-20-11-13-22-53(51)56(57)59-58(46)61)44-28-35-50(36-29-44)60(48-31-24-42(25-32-48)40-15-7-4-8-16-40)49-33-26-43(27-34-49)41-17-9-5-10-18-41/h2-9,11-17,19-39H,10,18H2,1H3/b3-2-,19-6-. The number of anilines is 3. The van der Waals surface area contributed by atoms with Crippen LogP contribution in [0.1, 0.15) is 30.9 Å². The highest BCUT2D eigenvalue weighted by Gasteiger charge is 2.19. The van der Waals surface area contributed by atoms with E-state index >= 15 is 0 Å². The molecule has 0 amide bonds. The first-order valence-corrected chi connectivity index (χ1v) is 21.2. The van der Waals surface area contributed by atoms with Crippen molar-refractivity contribution in [3.05, 3.63) is 224 Å². The van der Waals surface area contributed by atoms with Crippen molar-refractivity contribution in [1.29, 1.82) is 0 Å². The Labute approximate surface area is 356 Å². The lowest BCUT2D eigenvalue weighted by atomic mass is 9.97. The number of rotatable bonds is 8. The van der Waals surface area contributed by atoms with E-state index in [0.29, 0.717) is 0 Å². The van der Waals surface area contributed by atoms with Gasteiger partial charge >= 0.3 is 0 Å². The minimum absolute atomic E-state index is 0.957. The zero-order valence-electron chi connectivity index (χ0n) is 34.0. The normalized spacial score (nSPS) is 13.1. The third-order valence-corrected chi connectivity index (χ3v) is 12.2. The van der Waals surface area contributed by atoms with Crippen molar-refractivity contribution < 1.29 is 0 Å². The van der Waals surface area contributed by atoms with E-state index in [1.807, 2.05) is 6.92 Å². The number of nitrogens with zero attached hydrogens (tertiary/aromatic N) is 3. The molecular weight excluding hydrogens is 739 g/mol. The Hall–Kier alpha value is -7.75. The van der Waals surface area contributed by atoms with Gasteiger partial charge in [-0.15, -0.1) is 0 Å². The number of fused-ring (bicyclic) bond motifs is 10. The molecule has 2 heterocycles. The van der Waals surface area contributed by atoms with Gasteiger partial charge in [-0.1, -0.05) is 164 Å². The van der Waals surface area contributed by atoms with E-state index in [4.69, 9.17) is 4.98 Å². The third-order valence-electron chi connectivity index (χ3n) is 12.2. The van der Waals surface area contributed by atoms with Crippen molar-refractivity contribution in [3.8, 4) is 22.3 Å². The molecule has 0 saturated heterocycles. The number of imidazole rings is 1. The highest BCUT2D eigenvalue weighted by atomic mass is 15.1. The zero-order valence-corrected chi connectivity index (χ0v) is 34.0. The first-order valence-electron chi connectivity index (χ1n) is 21.2. The fraction of sp³-hybridized carbons (Fsp3) is 0.0517. The van der Waals surface area contributed by atoms with Gasteiger partial charge in [-0.25, -0.2) is 4.98 Å². The molecule has 10 aromatic rings. The second-order valence-electron chi connectivity index (χ2n) is 15.8. The summed E-state index contributed by atoms with van der Waals surface area (Å²) in [4.78, 5) is 7.76. The molecule has 8 aromatic carbocycles. The maximum atomic E-state index is 5.41. The average molecular weight is 782 g/mol. The molecule has 1 aliphatic carbocycles. The molecule has 0 saturated carbocycles. The van der Waals surface area contributed by atoms with E-state index in [9.17, 15) is 0 Å². The SMILES string of the molecule is C/C=C\C=C/c1cc2cc(-c3ccc(N(c4ccc(C5=CC=CCC5)cc4)c4ccc(-c5ccccc5)cc4)cc3)ccc2n2c1nc1c3ccccc3c3ccccc3c12. The van der Waals surface area contributed by atoms with E-state index in [2.05, 4.69) is 228 Å². The van der Waals surface area contributed by atoms with Gasteiger partial charge in [-0.05, 0) is 124 Å². The molecule has 0 bridgehead atoms. The summed E-state index contributed by atoms with van der Waals surface area (Å²) in [5.41, 5.74) is 16.1. The summed E-state index contributed by atoms with van der Waals surface area (Å²) < 4.78 is 2.38. The number of benzene rings is 8. The predicted molar refractivity (Wildman–Crippen MR) is 261 cm³/mol. The predicted octanol–water partition coefficient (Wildman–Crippen LogP) is 16.1. The van der Waals surface area contributed by atoms with Gasteiger partial charge in [-0.2, -0.15) is 0 Å². The Kier molecular flexibility index (Phi) is 9.20. The first kappa shape index (κ1) is 36.3. The molecule has 2 aromatic heterocycles. The summed E-state index contributed by atoms with van der Waals surface area (Å²) in [6.07, 6.45) is 17.3. The summed E-state index contributed by atoms with van der Waals surface area (Å²) in [6.45, 7) is 2.05. The molecule has 0 aliphatic heterocycles. The smallest absolute Gasteiger partial charge is 0.145 e. The maximum Gasteiger partial charge on any atom is 0.145 e. The fourth-order valence-corrected chi connectivity index (χ4v) is 9.16. The summed E-state index contributed by atoms with van der Waals surface area (Å²) in [5, 5.41) is 6.00. The van der Waals surface area contributed by atoms with Crippen LogP contribution >= 0.6 is 0 Å². The van der Waals surface area contributed by atoms with Gasteiger partial charge in [0.25, 0.3) is 0 Å². The topological polar surface area (TPSA) is 20.5 Å². The molecule has 11 rings (SSSR count). The molecule has 3 heteroatoms. The van der Waals surface area contributed by atoms with E-state index in [1.54, 1.807) is 0 Å². The average Bonchev–Trinajstić information content (AvgIpc) is 3.75. The van der Waals surface area contributed by atoms with Gasteiger partial charge < -0.3 is 4.90 Å². The monoisotopic (exact) mass is 781 g/mol. The van der Waals surface area contributed by atoms with Crippen molar-refractivity contribution in [2.24, 2.45) is 0 Å². The highest BCUT2D eigenvalue weighted by molar-refractivity contribution is 6.24. The Balaban J connectivity index is 1.02. The Morgan fingerprint density at radius 1 is 0.541 bits per heavy atom. The zero-order chi connectivity index (χ0) is 40.7. The van der Waals surface area contributed by atoms with E-state index in [0.717, 1.165) is 68.6 Å². The highest BCUT2D eigenvalue weighted by Crippen LogP contribution is 2.40. The largest absolute Gasteiger partial charge is 0.311 e. The second kappa shape index (κ2) is 15.4. The lowest BCUT2D eigenvalue weighted by molar-refractivity contribution is 1.05. The van der Waals surface area contributed by atoms with Crippen LogP contribution in [0.2, 0.25) is 0 Å². The number of hydrogen-bond acceptors (Lipinski definition) is 2. The van der Waals surface area contributed by atoms with E-state index < -0.39 is 0 Å². The van der Waals surface area contributed by atoms with Crippen molar-refractivity contribution in [1.82, 2.24) is 9.38 Å². The van der Waals surface area contributed by atoms with Crippen molar-refractivity contribution >= 4 is 77.8 Å². The molecule has 1 aliphatic rings. The molecule has 0 unspecified atom stereocenters.